The van der Waals surface area contributed by atoms with E-state index in [-0.39, 0.29) is 17.2 Å². The van der Waals surface area contributed by atoms with Gasteiger partial charge in [0.2, 0.25) is 0 Å². The molecule has 1 aliphatic heterocycles. The molecule has 25 heavy (non-hydrogen) atoms. The van der Waals surface area contributed by atoms with Gasteiger partial charge in [0.05, 0.1) is 17.2 Å². The van der Waals surface area contributed by atoms with Crippen molar-refractivity contribution < 1.29 is 4.74 Å². The zero-order chi connectivity index (χ0) is 17.7. The number of hydrogen-bond donors (Lipinski definition) is 1. The lowest BCUT2D eigenvalue weighted by Crippen LogP contribution is -2.38. The second-order valence-electron chi connectivity index (χ2n) is 7.74. The summed E-state index contributed by atoms with van der Waals surface area (Å²) in [6.07, 6.45) is 0.924. The van der Waals surface area contributed by atoms with E-state index in [1.165, 1.54) is 0 Å². The van der Waals surface area contributed by atoms with Gasteiger partial charge < -0.3 is 10.1 Å². The van der Waals surface area contributed by atoms with Crippen LogP contribution in [0, 0.1) is 0 Å². The van der Waals surface area contributed by atoms with Crippen LogP contribution in [-0.4, -0.2) is 37.1 Å². The Bertz CT molecular complexity index is 901. The highest BCUT2D eigenvalue weighted by Gasteiger charge is 2.46. The lowest BCUT2D eigenvalue weighted by molar-refractivity contribution is -0.0662. The minimum Gasteiger partial charge on any atom is -0.367 e. The molecular weight excluding hydrogens is 314 g/mol. The number of anilines is 1. The lowest BCUT2D eigenvalue weighted by atomic mass is 9.94. The van der Waals surface area contributed by atoms with Gasteiger partial charge in [-0.25, -0.2) is 0 Å². The van der Waals surface area contributed by atoms with E-state index in [0.29, 0.717) is 0 Å². The summed E-state index contributed by atoms with van der Waals surface area (Å²) in [5.41, 5.74) is 1.32. The van der Waals surface area contributed by atoms with Crippen molar-refractivity contribution in [2.24, 2.45) is 0 Å². The van der Waals surface area contributed by atoms with Crippen LogP contribution in [0.4, 0.5) is 5.82 Å². The van der Waals surface area contributed by atoms with Gasteiger partial charge in [-0.05, 0) is 46.2 Å². The lowest BCUT2D eigenvalue weighted by Gasteiger charge is -2.28. The van der Waals surface area contributed by atoms with Crippen LogP contribution in [0.25, 0.3) is 17.0 Å². The first-order valence-corrected chi connectivity index (χ1v) is 8.59. The van der Waals surface area contributed by atoms with Crippen molar-refractivity contribution in [1.82, 2.24) is 19.8 Å². The number of nitrogens with one attached hydrogen (secondary N) is 1. The SMILES string of the molecule is CC1(C)CC(Nc2ccc3nnc(-c4ccccc4)n3n2)C(C)(C)O1. The number of ether oxygens (including phenoxy) is 1. The highest BCUT2D eigenvalue weighted by molar-refractivity contribution is 5.59. The smallest absolute Gasteiger partial charge is 0.185 e. The molecule has 0 saturated carbocycles. The first-order chi connectivity index (χ1) is 11.8. The quantitative estimate of drug-likeness (QED) is 0.792. The summed E-state index contributed by atoms with van der Waals surface area (Å²) in [5, 5.41) is 16.8. The van der Waals surface area contributed by atoms with Crippen LogP contribution in [0.2, 0.25) is 0 Å². The van der Waals surface area contributed by atoms with Crippen LogP contribution in [0.5, 0.6) is 0 Å². The molecule has 1 unspecified atom stereocenters. The number of benzene rings is 1. The van der Waals surface area contributed by atoms with E-state index < -0.39 is 0 Å². The Labute approximate surface area is 147 Å². The first-order valence-electron chi connectivity index (χ1n) is 8.59. The van der Waals surface area contributed by atoms with Crippen LogP contribution < -0.4 is 5.32 Å². The Hall–Kier alpha value is -2.47. The van der Waals surface area contributed by atoms with Gasteiger partial charge in [-0.2, -0.15) is 4.52 Å². The molecule has 1 N–H and O–H groups in total. The van der Waals surface area contributed by atoms with Crippen molar-refractivity contribution in [3.8, 4) is 11.4 Å². The zero-order valence-electron chi connectivity index (χ0n) is 15.0. The van der Waals surface area contributed by atoms with Crippen LogP contribution in [0.1, 0.15) is 34.1 Å². The maximum atomic E-state index is 6.16. The summed E-state index contributed by atoms with van der Waals surface area (Å²) >= 11 is 0. The highest BCUT2D eigenvalue weighted by atomic mass is 16.5. The molecule has 1 aromatic carbocycles. The molecule has 2 aromatic heterocycles. The number of rotatable bonds is 3. The molecule has 0 spiro atoms. The van der Waals surface area contributed by atoms with Crippen molar-refractivity contribution >= 4 is 11.5 Å². The monoisotopic (exact) mass is 337 g/mol. The van der Waals surface area contributed by atoms with Crippen molar-refractivity contribution in [2.45, 2.75) is 51.4 Å². The van der Waals surface area contributed by atoms with E-state index in [1.807, 2.05) is 42.5 Å². The standard InChI is InChI=1S/C19H23N5O/c1-18(2)12-14(19(3,4)25-18)20-15-10-11-16-21-22-17(24(16)23-15)13-8-6-5-7-9-13/h5-11,14H,12H2,1-4H3,(H,20,23). The molecule has 1 atom stereocenters. The van der Waals surface area contributed by atoms with E-state index in [2.05, 4.69) is 43.2 Å². The molecule has 4 rings (SSSR count). The third-order valence-electron chi connectivity index (χ3n) is 4.69. The van der Waals surface area contributed by atoms with Gasteiger partial charge in [0.25, 0.3) is 0 Å². The molecule has 6 nitrogen and oxygen atoms in total. The van der Waals surface area contributed by atoms with Crippen molar-refractivity contribution in [2.75, 3.05) is 5.32 Å². The molecule has 6 heteroatoms. The first kappa shape index (κ1) is 16.0. The number of fused-ring (bicyclic) bond motifs is 1. The number of nitrogens with zero attached hydrogens (tertiary/aromatic N) is 4. The summed E-state index contributed by atoms with van der Waals surface area (Å²) < 4.78 is 7.95. The average Bonchev–Trinajstić information content (AvgIpc) is 3.05. The Balaban J connectivity index is 1.68. The zero-order valence-corrected chi connectivity index (χ0v) is 15.0. The topological polar surface area (TPSA) is 64.3 Å². The normalized spacial score (nSPS) is 21.5. The van der Waals surface area contributed by atoms with Crippen LogP contribution in [0.3, 0.4) is 0 Å². The molecular formula is C19H23N5O. The van der Waals surface area contributed by atoms with E-state index in [0.717, 1.165) is 29.3 Å². The van der Waals surface area contributed by atoms with E-state index in [4.69, 9.17) is 9.84 Å². The summed E-state index contributed by atoms with van der Waals surface area (Å²) in [4.78, 5) is 0. The molecule has 1 aliphatic rings. The molecule has 0 aliphatic carbocycles. The Morgan fingerprint density at radius 3 is 2.48 bits per heavy atom. The third-order valence-corrected chi connectivity index (χ3v) is 4.69. The Morgan fingerprint density at radius 2 is 1.80 bits per heavy atom. The van der Waals surface area contributed by atoms with Gasteiger partial charge in [-0.15, -0.1) is 15.3 Å². The predicted molar refractivity (Wildman–Crippen MR) is 97.5 cm³/mol. The fourth-order valence-electron chi connectivity index (χ4n) is 3.60. The van der Waals surface area contributed by atoms with Crippen LogP contribution >= 0.6 is 0 Å². The van der Waals surface area contributed by atoms with Gasteiger partial charge >= 0.3 is 0 Å². The van der Waals surface area contributed by atoms with Gasteiger partial charge in [0.15, 0.2) is 11.5 Å². The fourth-order valence-corrected chi connectivity index (χ4v) is 3.60. The summed E-state index contributed by atoms with van der Waals surface area (Å²) in [5.74, 6) is 1.53. The average molecular weight is 337 g/mol. The van der Waals surface area contributed by atoms with Crippen molar-refractivity contribution in [3.05, 3.63) is 42.5 Å². The number of aromatic nitrogens is 4. The molecule has 0 radical (unpaired) electrons. The second-order valence-corrected chi connectivity index (χ2v) is 7.74. The van der Waals surface area contributed by atoms with Crippen LogP contribution in [0.15, 0.2) is 42.5 Å². The van der Waals surface area contributed by atoms with Gasteiger partial charge in [-0.1, -0.05) is 30.3 Å². The highest BCUT2D eigenvalue weighted by Crippen LogP contribution is 2.38. The van der Waals surface area contributed by atoms with Gasteiger partial charge in [0.1, 0.15) is 5.82 Å². The number of hydrogen-bond acceptors (Lipinski definition) is 5. The molecule has 1 saturated heterocycles. The maximum absolute atomic E-state index is 6.16. The second kappa shape index (κ2) is 5.52. The summed E-state index contributed by atoms with van der Waals surface area (Å²) in [7, 11) is 0. The maximum Gasteiger partial charge on any atom is 0.185 e. The van der Waals surface area contributed by atoms with Gasteiger partial charge in [-0.3, -0.25) is 0 Å². The Morgan fingerprint density at radius 1 is 1.04 bits per heavy atom. The molecule has 1 fully saturated rings. The van der Waals surface area contributed by atoms with Crippen molar-refractivity contribution in [3.63, 3.8) is 0 Å². The fraction of sp³-hybridized carbons (Fsp3) is 0.421. The van der Waals surface area contributed by atoms with E-state index >= 15 is 0 Å². The molecule has 130 valence electrons. The summed E-state index contributed by atoms with van der Waals surface area (Å²) in [6, 6.07) is 14.0. The molecule has 3 aromatic rings. The predicted octanol–water partition coefficient (Wildman–Crippen LogP) is 3.55. The molecule has 3 heterocycles. The molecule has 0 amide bonds. The van der Waals surface area contributed by atoms with Gasteiger partial charge in [0, 0.05) is 5.56 Å². The minimum absolute atomic E-state index is 0.142. The largest absolute Gasteiger partial charge is 0.367 e. The van der Waals surface area contributed by atoms with Crippen LogP contribution in [-0.2, 0) is 4.74 Å². The minimum atomic E-state index is -0.254. The van der Waals surface area contributed by atoms with E-state index in [9.17, 15) is 0 Å². The van der Waals surface area contributed by atoms with Crippen molar-refractivity contribution in [1.29, 1.82) is 0 Å². The Kier molecular flexibility index (Phi) is 3.54. The third kappa shape index (κ3) is 2.98. The van der Waals surface area contributed by atoms with E-state index in [1.54, 1.807) is 4.52 Å². The summed E-state index contributed by atoms with van der Waals surface area (Å²) in [6.45, 7) is 8.49. The molecule has 0 bridgehead atoms.